The van der Waals surface area contributed by atoms with Gasteiger partial charge in [-0.15, -0.1) is 6.58 Å². The van der Waals surface area contributed by atoms with Crippen LogP contribution in [0.3, 0.4) is 0 Å². The molecule has 1 amide bonds. The van der Waals surface area contributed by atoms with Crippen LogP contribution in [0.15, 0.2) is 12.7 Å². The van der Waals surface area contributed by atoms with Crippen LogP contribution in [0.4, 0.5) is 4.79 Å². The number of carbonyl (C=O) groups is 1. The van der Waals surface area contributed by atoms with Crippen LogP contribution in [0, 0.1) is 0 Å². The molecule has 17 heavy (non-hydrogen) atoms. The summed E-state index contributed by atoms with van der Waals surface area (Å²) in [5, 5.41) is 9.63. The van der Waals surface area contributed by atoms with E-state index < -0.39 is 5.60 Å². The van der Waals surface area contributed by atoms with Crippen LogP contribution >= 0.6 is 0 Å². The summed E-state index contributed by atoms with van der Waals surface area (Å²) in [6.45, 7) is 9.80. The fraction of sp³-hybridized carbons (Fsp3) is 0.769. The van der Waals surface area contributed by atoms with Crippen molar-refractivity contribution < 1.29 is 14.6 Å². The highest BCUT2D eigenvalue weighted by atomic mass is 16.6. The quantitative estimate of drug-likeness (QED) is 0.755. The number of aliphatic hydroxyl groups excluding tert-OH is 1. The predicted octanol–water partition coefficient (Wildman–Crippen LogP) is 2.32. The number of likely N-dealkylation sites (tertiary alicyclic amines) is 1. The molecule has 2 unspecified atom stereocenters. The lowest BCUT2D eigenvalue weighted by Gasteiger charge is -2.38. The molecule has 0 aromatic carbocycles. The van der Waals surface area contributed by atoms with E-state index in [0.717, 1.165) is 0 Å². The van der Waals surface area contributed by atoms with Gasteiger partial charge in [0, 0.05) is 12.6 Å². The minimum atomic E-state index is -0.480. The number of hydrogen-bond acceptors (Lipinski definition) is 3. The Balaban J connectivity index is 2.65. The Morgan fingerprint density at radius 2 is 2.24 bits per heavy atom. The molecule has 4 heteroatoms. The molecule has 0 aliphatic carbocycles. The molecule has 1 rings (SSSR count). The number of nitrogens with zero attached hydrogens (tertiary/aromatic N) is 1. The van der Waals surface area contributed by atoms with Crippen LogP contribution in [-0.4, -0.2) is 40.4 Å². The molecule has 1 aliphatic heterocycles. The van der Waals surface area contributed by atoms with E-state index in [1.165, 1.54) is 0 Å². The Kier molecular flexibility index (Phi) is 4.57. The van der Waals surface area contributed by atoms with E-state index in [1.807, 2.05) is 20.8 Å². The van der Waals surface area contributed by atoms with E-state index in [4.69, 9.17) is 4.74 Å². The molecular formula is C13H23NO3. The van der Waals surface area contributed by atoms with Crippen molar-refractivity contribution in [3.05, 3.63) is 12.7 Å². The summed E-state index contributed by atoms with van der Waals surface area (Å²) in [5.74, 6) is 0. The van der Waals surface area contributed by atoms with Crippen molar-refractivity contribution in [2.24, 2.45) is 0 Å². The molecule has 2 atom stereocenters. The van der Waals surface area contributed by atoms with E-state index in [9.17, 15) is 9.90 Å². The largest absolute Gasteiger partial charge is 0.444 e. The van der Waals surface area contributed by atoms with Crippen molar-refractivity contribution in [3.63, 3.8) is 0 Å². The summed E-state index contributed by atoms with van der Waals surface area (Å²) in [4.78, 5) is 13.7. The Hall–Kier alpha value is -1.03. The van der Waals surface area contributed by atoms with E-state index in [-0.39, 0.29) is 18.2 Å². The van der Waals surface area contributed by atoms with Crippen LogP contribution in [0.2, 0.25) is 0 Å². The lowest BCUT2D eigenvalue weighted by atomic mass is 9.97. The number of hydrogen-bond donors (Lipinski definition) is 1. The van der Waals surface area contributed by atoms with Gasteiger partial charge in [-0.1, -0.05) is 6.08 Å². The molecule has 1 fully saturated rings. The molecule has 4 nitrogen and oxygen atoms in total. The van der Waals surface area contributed by atoms with Gasteiger partial charge in [0.1, 0.15) is 5.60 Å². The van der Waals surface area contributed by atoms with Gasteiger partial charge in [0.25, 0.3) is 0 Å². The number of rotatable bonds is 2. The fourth-order valence-electron chi connectivity index (χ4n) is 2.01. The molecule has 0 spiro atoms. The summed E-state index contributed by atoms with van der Waals surface area (Å²) in [6, 6.07) is 0.00565. The zero-order chi connectivity index (χ0) is 13.1. The lowest BCUT2D eigenvalue weighted by molar-refractivity contribution is -0.00723. The van der Waals surface area contributed by atoms with Gasteiger partial charge in [-0.3, -0.25) is 0 Å². The maximum atomic E-state index is 12.0. The van der Waals surface area contributed by atoms with E-state index >= 15 is 0 Å². The third-order valence-corrected chi connectivity index (χ3v) is 2.75. The van der Waals surface area contributed by atoms with E-state index in [1.54, 1.807) is 11.0 Å². The van der Waals surface area contributed by atoms with Crippen LogP contribution in [0.5, 0.6) is 0 Å². The fourth-order valence-corrected chi connectivity index (χ4v) is 2.01. The third kappa shape index (κ3) is 4.38. The van der Waals surface area contributed by atoms with Crippen LogP contribution in [0.1, 0.15) is 40.0 Å². The normalized spacial score (nSPS) is 25.5. The highest BCUT2D eigenvalue weighted by Crippen LogP contribution is 2.23. The summed E-state index contributed by atoms with van der Waals surface area (Å²) >= 11 is 0. The van der Waals surface area contributed by atoms with Gasteiger partial charge in [-0.25, -0.2) is 4.79 Å². The van der Waals surface area contributed by atoms with Gasteiger partial charge in [0.2, 0.25) is 0 Å². The average Bonchev–Trinajstić information content (AvgIpc) is 2.15. The van der Waals surface area contributed by atoms with E-state index in [0.29, 0.717) is 25.8 Å². The number of carbonyl (C=O) groups excluding carboxylic acids is 1. The molecule has 1 heterocycles. The van der Waals surface area contributed by atoms with Crippen molar-refractivity contribution in [2.45, 2.75) is 57.8 Å². The molecular weight excluding hydrogens is 218 g/mol. The topological polar surface area (TPSA) is 49.8 Å². The molecule has 0 aromatic heterocycles. The van der Waals surface area contributed by atoms with Crippen molar-refractivity contribution in [1.29, 1.82) is 0 Å². The van der Waals surface area contributed by atoms with Crippen molar-refractivity contribution >= 4 is 6.09 Å². The summed E-state index contributed by atoms with van der Waals surface area (Å²) < 4.78 is 5.36. The minimum Gasteiger partial charge on any atom is -0.444 e. The predicted molar refractivity (Wildman–Crippen MR) is 66.8 cm³/mol. The smallest absolute Gasteiger partial charge is 0.410 e. The van der Waals surface area contributed by atoms with Gasteiger partial charge in [0.15, 0.2) is 0 Å². The van der Waals surface area contributed by atoms with Crippen molar-refractivity contribution in [2.75, 3.05) is 6.54 Å². The number of amides is 1. The maximum absolute atomic E-state index is 12.0. The standard InChI is InChI=1S/C13H23NO3/c1-5-6-10-9-11(15)7-8-14(10)12(16)17-13(2,3)4/h5,10-11,15H,1,6-9H2,2-4H3. The first-order valence-corrected chi connectivity index (χ1v) is 6.12. The molecule has 0 aromatic rings. The molecule has 1 saturated heterocycles. The second-order valence-corrected chi connectivity index (χ2v) is 5.53. The van der Waals surface area contributed by atoms with Crippen molar-refractivity contribution in [1.82, 2.24) is 4.90 Å². The molecule has 0 saturated carbocycles. The van der Waals surface area contributed by atoms with Crippen LogP contribution in [-0.2, 0) is 4.74 Å². The Labute approximate surface area is 103 Å². The van der Waals surface area contributed by atoms with Gasteiger partial charge in [-0.2, -0.15) is 0 Å². The minimum absolute atomic E-state index is 0.00565. The molecule has 1 N–H and O–H groups in total. The summed E-state index contributed by atoms with van der Waals surface area (Å²) in [5.41, 5.74) is -0.480. The first-order valence-electron chi connectivity index (χ1n) is 6.12. The second kappa shape index (κ2) is 5.54. The summed E-state index contributed by atoms with van der Waals surface area (Å²) in [7, 11) is 0. The van der Waals surface area contributed by atoms with Gasteiger partial charge in [-0.05, 0) is 40.0 Å². The number of piperidine rings is 1. The SMILES string of the molecule is C=CCC1CC(O)CCN1C(=O)OC(C)(C)C. The van der Waals surface area contributed by atoms with Gasteiger partial charge in [0.05, 0.1) is 6.10 Å². The molecule has 1 aliphatic rings. The first kappa shape index (κ1) is 14.0. The average molecular weight is 241 g/mol. The zero-order valence-corrected chi connectivity index (χ0v) is 11.0. The zero-order valence-electron chi connectivity index (χ0n) is 11.0. The highest BCUT2D eigenvalue weighted by Gasteiger charge is 2.32. The first-order chi connectivity index (χ1) is 7.83. The Morgan fingerprint density at radius 3 is 2.76 bits per heavy atom. The van der Waals surface area contributed by atoms with Gasteiger partial charge < -0.3 is 14.7 Å². The lowest BCUT2D eigenvalue weighted by Crippen LogP contribution is -2.49. The molecule has 0 bridgehead atoms. The summed E-state index contributed by atoms with van der Waals surface area (Å²) in [6.07, 6.45) is 3.07. The van der Waals surface area contributed by atoms with Crippen LogP contribution in [0.25, 0.3) is 0 Å². The molecule has 0 radical (unpaired) electrons. The Bertz CT molecular complexity index is 283. The molecule has 98 valence electrons. The highest BCUT2D eigenvalue weighted by molar-refractivity contribution is 5.68. The van der Waals surface area contributed by atoms with Crippen LogP contribution < -0.4 is 0 Å². The van der Waals surface area contributed by atoms with Crippen molar-refractivity contribution in [3.8, 4) is 0 Å². The maximum Gasteiger partial charge on any atom is 0.410 e. The van der Waals surface area contributed by atoms with E-state index in [2.05, 4.69) is 6.58 Å². The number of ether oxygens (including phenoxy) is 1. The Morgan fingerprint density at radius 1 is 1.59 bits per heavy atom. The third-order valence-electron chi connectivity index (χ3n) is 2.75. The van der Waals surface area contributed by atoms with Gasteiger partial charge >= 0.3 is 6.09 Å². The number of aliphatic hydroxyl groups is 1. The monoisotopic (exact) mass is 241 g/mol. The second-order valence-electron chi connectivity index (χ2n) is 5.53.